The predicted octanol–water partition coefficient (Wildman–Crippen LogP) is 3.69. The number of hydrogen-bond donors (Lipinski definition) is 0. The number of halogens is 1. The van der Waals surface area contributed by atoms with Crippen molar-refractivity contribution >= 4 is 55.1 Å². The van der Waals surface area contributed by atoms with Gasteiger partial charge in [0.2, 0.25) is 10.0 Å². The molecule has 0 aliphatic carbocycles. The molecule has 0 saturated carbocycles. The lowest BCUT2D eigenvalue weighted by Gasteiger charge is -2.16. The summed E-state index contributed by atoms with van der Waals surface area (Å²) in [7, 11) is -0.813. The van der Waals surface area contributed by atoms with Gasteiger partial charge >= 0.3 is 5.97 Å². The van der Waals surface area contributed by atoms with Crippen LogP contribution in [-0.4, -0.2) is 49.9 Å². The number of carbonyl (C=O) groups excluding carboxylic acids is 2. The summed E-state index contributed by atoms with van der Waals surface area (Å²) in [6.45, 7) is 2.29. The highest BCUT2D eigenvalue weighted by molar-refractivity contribution is 7.89. The SMILES string of the molecule is CCCCN(C)S(=O)(=O)c1ccc(C(=O)N=c2sc3cc(Cl)ccc3n2CC(=O)OC)cc1. The third kappa shape index (κ3) is 5.70. The smallest absolute Gasteiger partial charge is 0.325 e. The summed E-state index contributed by atoms with van der Waals surface area (Å²) in [5.74, 6) is -1.05. The Bertz CT molecular complexity index is 1340. The van der Waals surface area contributed by atoms with Crippen molar-refractivity contribution in [3.05, 3.63) is 57.9 Å². The van der Waals surface area contributed by atoms with E-state index in [1.165, 1.54) is 54.1 Å². The summed E-state index contributed by atoms with van der Waals surface area (Å²) < 4.78 is 33.8. The molecular formula is C22H24ClN3O5S2. The molecule has 0 unspecified atom stereocenters. The van der Waals surface area contributed by atoms with Crippen LogP contribution in [0.3, 0.4) is 0 Å². The topological polar surface area (TPSA) is 98.0 Å². The number of rotatable bonds is 8. The lowest BCUT2D eigenvalue weighted by atomic mass is 10.2. The van der Waals surface area contributed by atoms with Crippen LogP contribution in [0.25, 0.3) is 10.2 Å². The Kier molecular flexibility index (Phi) is 8.06. The third-order valence-electron chi connectivity index (χ3n) is 4.99. The molecule has 8 nitrogen and oxygen atoms in total. The minimum Gasteiger partial charge on any atom is -0.468 e. The van der Waals surface area contributed by atoms with Crippen LogP contribution in [0.1, 0.15) is 30.1 Å². The molecule has 1 amide bonds. The van der Waals surface area contributed by atoms with Gasteiger partial charge < -0.3 is 9.30 Å². The molecular weight excluding hydrogens is 486 g/mol. The van der Waals surface area contributed by atoms with Crippen molar-refractivity contribution in [1.82, 2.24) is 8.87 Å². The Labute approximate surface area is 201 Å². The van der Waals surface area contributed by atoms with Gasteiger partial charge in [-0.3, -0.25) is 9.59 Å². The van der Waals surface area contributed by atoms with E-state index in [0.29, 0.717) is 21.9 Å². The molecule has 0 saturated heterocycles. The summed E-state index contributed by atoms with van der Waals surface area (Å²) in [5, 5.41) is 0.521. The van der Waals surface area contributed by atoms with Crippen molar-refractivity contribution in [2.75, 3.05) is 20.7 Å². The molecule has 1 heterocycles. The van der Waals surface area contributed by atoms with Crippen molar-refractivity contribution in [3.8, 4) is 0 Å². The minimum atomic E-state index is -3.63. The first-order chi connectivity index (χ1) is 15.7. The summed E-state index contributed by atoms with van der Waals surface area (Å²) in [6.07, 6.45) is 1.64. The number of benzene rings is 2. The molecule has 176 valence electrons. The zero-order valence-corrected chi connectivity index (χ0v) is 20.8. The van der Waals surface area contributed by atoms with Crippen molar-refractivity contribution in [1.29, 1.82) is 0 Å². The number of thiazole rings is 1. The molecule has 0 fully saturated rings. The van der Waals surface area contributed by atoms with Crippen LogP contribution in [-0.2, 0) is 26.1 Å². The van der Waals surface area contributed by atoms with Gasteiger partial charge in [-0.25, -0.2) is 12.7 Å². The van der Waals surface area contributed by atoms with Crippen molar-refractivity contribution in [2.24, 2.45) is 4.99 Å². The van der Waals surface area contributed by atoms with Gasteiger partial charge in [-0.2, -0.15) is 4.99 Å². The first-order valence-electron chi connectivity index (χ1n) is 10.2. The van der Waals surface area contributed by atoms with E-state index in [9.17, 15) is 18.0 Å². The second-order valence-corrected chi connectivity index (χ2v) is 10.8. The lowest BCUT2D eigenvalue weighted by Crippen LogP contribution is -2.27. The van der Waals surface area contributed by atoms with Gasteiger partial charge in [0.1, 0.15) is 6.54 Å². The number of esters is 1. The highest BCUT2D eigenvalue weighted by atomic mass is 35.5. The Morgan fingerprint density at radius 2 is 1.88 bits per heavy atom. The fourth-order valence-electron chi connectivity index (χ4n) is 3.08. The number of amides is 1. The van der Waals surface area contributed by atoms with Crippen LogP contribution in [0.2, 0.25) is 5.02 Å². The van der Waals surface area contributed by atoms with E-state index >= 15 is 0 Å². The van der Waals surface area contributed by atoms with Gasteiger partial charge in [-0.05, 0) is 48.9 Å². The van der Waals surface area contributed by atoms with E-state index in [1.807, 2.05) is 6.92 Å². The molecule has 0 spiro atoms. The summed E-state index contributed by atoms with van der Waals surface area (Å²) >= 11 is 7.29. The number of carbonyl (C=O) groups is 2. The summed E-state index contributed by atoms with van der Waals surface area (Å²) in [5.41, 5.74) is 0.920. The number of unbranched alkanes of at least 4 members (excludes halogenated alkanes) is 1. The monoisotopic (exact) mass is 509 g/mol. The Morgan fingerprint density at radius 1 is 1.18 bits per heavy atom. The molecule has 0 aliphatic rings. The zero-order valence-electron chi connectivity index (χ0n) is 18.4. The second-order valence-electron chi connectivity index (χ2n) is 7.28. The first kappa shape index (κ1) is 25.1. The molecule has 0 N–H and O–H groups in total. The van der Waals surface area contributed by atoms with Gasteiger partial charge in [-0.1, -0.05) is 36.3 Å². The third-order valence-corrected chi connectivity index (χ3v) is 8.14. The maximum atomic E-state index is 12.8. The van der Waals surface area contributed by atoms with Gasteiger partial charge in [0.25, 0.3) is 5.91 Å². The van der Waals surface area contributed by atoms with E-state index in [0.717, 1.165) is 17.5 Å². The number of sulfonamides is 1. The summed E-state index contributed by atoms with van der Waals surface area (Å²) in [4.78, 5) is 29.3. The number of fused-ring (bicyclic) bond motifs is 1. The zero-order chi connectivity index (χ0) is 24.2. The van der Waals surface area contributed by atoms with Gasteiger partial charge in [0.05, 0.1) is 22.2 Å². The van der Waals surface area contributed by atoms with Gasteiger partial charge in [0, 0.05) is 24.2 Å². The molecule has 0 radical (unpaired) electrons. The highest BCUT2D eigenvalue weighted by Crippen LogP contribution is 2.22. The highest BCUT2D eigenvalue weighted by Gasteiger charge is 2.20. The molecule has 33 heavy (non-hydrogen) atoms. The van der Waals surface area contributed by atoms with E-state index in [-0.39, 0.29) is 17.0 Å². The van der Waals surface area contributed by atoms with Crippen LogP contribution >= 0.6 is 22.9 Å². The largest absolute Gasteiger partial charge is 0.468 e. The van der Waals surface area contributed by atoms with E-state index in [2.05, 4.69) is 4.99 Å². The van der Waals surface area contributed by atoms with Crippen LogP contribution in [0.15, 0.2) is 52.4 Å². The first-order valence-corrected chi connectivity index (χ1v) is 12.8. The maximum absolute atomic E-state index is 12.8. The molecule has 0 bridgehead atoms. The quantitative estimate of drug-likeness (QED) is 0.431. The number of nitrogens with zero attached hydrogens (tertiary/aromatic N) is 3. The van der Waals surface area contributed by atoms with Crippen LogP contribution < -0.4 is 4.80 Å². The number of ether oxygens (including phenoxy) is 1. The average Bonchev–Trinajstić information content (AvgIpc) is 3.12. The van der Waals surface area contributed by atoms with Crippen LogP contribution in [0.4, 0.5) is 0 Å². The van der Waals surface area contributed by atoms with Crippen LogP contribution in [0.5, 0.6) is 0 Å². The number of methoxy groups -OCH3 is 1. The number of aromatic nitrogens is 1. The standard InChI is InChI=1S/C22H24ClN3O5S2/c1-4-5-12-25(2)33(29,30)17-9-6-15(7-10-17)21(28)24-22-26(14-20(27)31-3)18-11-8-16(23)13-19(18)32-22/h6-11,13H,4-5,12,14H2,1-3H3. The fourth-order valence-corrected chi connectivity index (χ4v) is 5.59. The van der Waals surface area contributed by atoms with E-state index in [4.69, 9.17) is 16.3 Å². The van der Waals surface area contributed by atoms with E-state index < -0.39 is 21.9 Å². The van der Waals surface area contributed by atoms with Gasteiger partial charge in [0.15, 0.2) is 4.80 Å². The summed E-state index contributed by atoms with van der Waals surface area (Å²) in [6, 6.07) is 10.8. The number of hydrogen-bond acceptors (Lipinski definition) is 6. The van der Waals surface area contributed by atoms with Crippen molar-refractivity contribution in [2.45, 2.75) is 31.2 Å². The average molecular weight is 510 g/mol. The van der Waals surface area contributed by atoms with Crippen molar-refractivity contribution in [3.63, 3.8) is 0 Å². The Balaban J connectivity index is 1.95. The van der Waals surface area contributed by atoms with Crippen LogP contribution in [0, 0.1) is 0 Å². The molecule has 0 atom stereocenters. The molecule has 2 aromatic carbocycles. The van der Waals surface area contributed by atoms with Crippen molar-refractivity contribution < 1.29 is 22.7 Å². The predicted molar refractivity (Wildman–Crippen MR) is 128 cm³/mol. The lowest BCUT2D eigenvalue weighted by molar-refractivity contribution is -0.141. The van der Waals surface area contributed by atoms with E-state index in [1.54, 1.807) is 22.8 Å². The fraction of sp³-hybridized carbons (Fsp3) is 0.318. The molecule has 3 rings (SSSR count). The maximum Gasteiger partial charge on any atom is 0.325 e. The van der Waals surface area contributed by atoms with Gasteiger partial charge in [-0.15, -0.1) is 0 Å². The molecule has 1 aromatic heterocycles. The second kappa shape index (κ2) is 10.6. The molecule has 3 aromatic rings. The molecule has 0 aliphatic heterocycles. The molecule has 11 heteroatoms. The normalized spacial score (nSPS) is 12.5. The minimum absolute atomic E-state index is 0.106. The Hall–Kier alpha value is -2.53. The Morgan fingerprint density at radius 3 is 2.52 bits per heavy atom.